The molecule has 1 rings (SSSR count). The van der Waals surface area contributed by atoms with Crippen molar-refractivity contribution in [3.8, 4) is 5.40 Å². The van der Waals surface area contributed by atoms with Gasteiger partial charge in [-0.05, 0) is 36.5 Å². The summed E-state index contributed by atoms with van der Waals surface area (Å²) in [6.07, 6.45) is 3.93. The van der Waals surface area contributed by atoms with Crippen LogP contribution in [0.2, 0.25) is 0 Å². The molecule has 0 saturated heterocycles. The van der Waals surface area contributed by atoms with Crippen LogP contribution in [0.15, 0.2) is 41.4 Å². The summed E-state index contributed by atoms with van der Waals surface area (Å²) in [5.41, 5.74) is 0.623. The van der Waals surface area contributed by atoms with E-state index in [1.54, 1.807) is 0 Å². The van der Waals surface area contributed by atoms with E-state index in [9.17, 15) is 0 Å². The van der Waals surface area contributed by atoms with Crippen molar-refractivity contribution in [1.29, 1.82) is 5.26 Å². The summed E-state index contributed by atoms with van der Waals surface area (Å²) in [6.45, 7) is 1.93. The summed E-state index contributed by atoms with van der Waals surface area (Å²) in [6, 6.07) is 9.94. The maximum absolute atomic E-state index is 8.58. The molecule has 0 aliphatic carbocycles. The van der Waals surface area contributed by atoms with Gasteiger partial charge in [0.05, 0.1) is 10.7 Å². The van der Waals surface area contributed by atoms with E-state index in [2.05, 4.69) is 22.4 Å². The Kier molecular flexibility index (Phi) is 5.65. The zero-order valence-electron chi connectivity index (χ0n) is 9.46. The average Bonchev–Trinajstić information content (AvgIpc) is 2.36. The third-order valence-corrected chi connectivity index (χ3v) is 3.11. The number of isothiocyanates is 1. The van der Waals surface area contributed by atoms with Gasteiger partial charge in [-0.3, -0.25) is 0 Å². The minimum Gasteiger partial charge on any atom is -0.221 e. The molecule has 1 aromatic rings. The predicted octanol–water partition coefficient (Wildman–Crippen LogP) is 3.78. The molecule has 1 unspecified atom stereocenters. The quantitative estimate of drug-likeness (QED) is 0.459. The monoisotopic (exact) mass is 260 g/mol. The molecule has 0 bridgehead atoms. The number of benzene rings is 1. The minimum absolute atomic E-state index is 0.474. The van der Waals surface area contributed by atoms with Gasteiger partial charge in [0.15, 0.2) is 0 Å². The number of rotatable bonds is 5. The maximum atomic E-state index is 8.58. The van der Waals surface area contributed by atoms with E-state index in [1.165, 1.54) is 0 Å². The molecule has 1 atom stereocenters. The third-order valence-electron chi connectivity index (χ3n) is 2.16. The molecule has 0 fully saturated rings. The van der Waals surface area contributed by atoms with Gasteiger partial charge in [0, 0.05) is 5.75 Å². The van der Waals surface area contributed by atoms with Crippen LogP contribution in [0.25, 0.3) is 6.08 Å². The lowest BCUT2D eigenvalue weighted by molar-refractivity contribution is 0.679. The standard InChI is InChI=1S/C13H12N2S2/c1-13(15-11-16,9-17-10-14)8-7-12-5-3-2-4-6-12/h2-8H,9H2,1H3. The number of nitrogens with zero attached hydrogens (tertiary/aromatic N) is 2. The van der Waals surface area contributed by atoms with E-state index in [1.807, 2.05) is 54.8 Å². The van der Waals surface area contributed by atoms with Crippen LogP contribution in [0.3, 0.4) is 0 Å². The van der Waals surface area contributed by atoms with Crippen molar-refractivity contribution in [3.63, 3.8) is 0 Å². The van der Waals surface area contributed by atoms with E-state index in [0.717, 1.165) is 17.3 Å². The van der Waals surface area contributed by atoms with Crippen molar-refractivity contribution in [2.75, 3.05) is 5.75 Å². The Balaban J connectivity index is 2.83. The Hall–Kier alpha value is -1.40. The fraction of sp³-hybridized carbons (Fsp3) is 0.231. The number of thioether (sulfide) groups is 1. The Labute approximate surface area is 111 Å². The normalized spacial score (nSPS) is 13.6. The molecule has 0 spiro atoms. The van der Waals surface area contributed by atoms with Gasteiger partial charge in [0.1, 0.15) is 5.40 Å². The Morgan fingerprint density at radius 1 is 1.47 bits per heavy atom. The second kappa shape index (κ2) is 7.03. The molecular weight excluding hydrogens is 248 g/mol. The van der Waals surface area contributed by atoms with Gasteiger partial charge in [-0.2, -0.15) is 5.26 Å². The summed E-state index contributed by atoms with van der Waals surface area (Å²) >= 11 is 5.80. The predicted molar refractivity (Wildman–Crippen MR) is 77.0 cm³/mol. The molecule has 0 amide bonds. The molecule has 2 nitrogen and oxygen atoms in total. The van der Waals surface area contributed by atoms with Gasteiger partial charge < -0.3 is 0 Å². The van der Waals surface area contributed by atoms with E-state index in [0.29, 0.717) is 5.75 Å². The lowest BCUT2D eigenvalue weighted by Gasteiger charge is -2.16. The van der Waals surface area contributed by atoms with E-state index in [-0.39, 0.29) is 0 Å². The van der Waals surface area contributed by atoms with Crippen molar-refractivity contribution < 1.29 is 0 Å². The fourth-order valence-electron chi connectivity index (χ4n) is 1.24. The van der Waals surface area contributed by atoms with Gasteiger partial charge in [0.2, 0.25) is 0 Å². The first-order valence-corrected chi connectivity index (χ1v) is 6.44. The lowest BCUT2D eigenvalue weighted by atomic mass is 10.0. The molecule has 0 N–H and O–H groups in total. The Bertz CT molecular complexity index is 470. The third kappa shape index (κ3) is 4.97. The summed E-state index contributed by atoms with van der Waals surface area (Å²) in [5, 5.41) is 13.0. The highest BCUT2D eigenvalue weighted by atomic mass is 32.2. The van der Waals surface area contributed by atoms with E-state index >= 15 is 0 Å². The smallest absolute Gasteiger partial charge is 0.133 e. The molecule has 0 saturated carbocycles. The lowest BCUT2D eigenvalue weighted by Crippen LogP contribution is -2.21. The molecule has 0 radical (unpaired) electrons. The highest BCUT2D eigenvalue weighted by molar-refractivity contribution is 8.03. The van der Waals surface area contributed by atoms with Crippen LogP contribution in [-0.2, 0) is 0 Å². The van der Waals surface area contributed by atoms with Crippen LogP contribution in [0.4, 0.5) is 0 Å². The molecule has 17 heavy (non-hydrogen) atoms. The maximum Gasteiger partial charge on any atom is 0.133 e. The minimum atomic E-state index is -0.474. The number of thiocarbonyl (C=S) groups is 1. The molecule has 1 aromatic carbocycles. The average molecular weight is 260 g/mol. The van der Waals surface area contributed by atoms with Gasteiger partial charge in [-0.15, -0.1) is 0 Å². The molecule has 0 heterocycles. The van der Waals surface area contributed by atoms with Crippen LogP contribution in [-0.4, -0.2) is 16.5 Å². The van der Waals surface area contributed by atoms with Crippen LogP contribution in [0.5, 0.6) is 0 Å². The number of aliphatic imine (C=N–C) groups is 1. The van der Waals surface area contributed by atoms with Gasteiger partial charge in [-0.25, -0.2) is 4.99 Å². The second-order valence-corrected chi connectivity index (χ2v) is 4.63. The Morgan fingerprint density at radius 2 is 2.18 bits per heavy atom. The zero-order chi connectivity index (χ0) is 12.6. The second-order valence-electron chi connectivity index (χ2n) is 3.68. The van der Waals surface area contributed by atoms with Crippen LogP contribution in [0, 0.1) is 10.7 Å². The van der Waals surface area contributed by atoms with E-state index in [4.69, 9.17) is 5.26 Å². The number of hydrogen-bond acceptors (Lipinski definition) is 4. The van der Waals surface area contributed by atoms with Crippen LogP contribution < -0.4 is 0 Å². The summed E-state index contributed by atoms with van der Waals surface area (Å²) in [5.74, 6) is 0.566. The molecule has 86 valence electrons. The summed E-state index contributed by atoms with van der Waals surface area (Å²) in [7, 11) is 0. The Morgan fingerprint density at radius 3 is 2.76 bits per heavy atom. The highest BCUT2D eigenvalue weighted by Crippen LogP contribution is 2.19. The topological polar surface area (TPSA) is 36.1 Å². The molecule has 0 aliphatic rings. The molecule has 0 aliphatic heterocycles. The number of nitriles is 1. The first-order chi connectivity index (χ1) is 8.20. The van der Waals surface area contributed by atoms with Crippen LogP contribution in [0.1, 0.15) is 12.5 Å². The molecular formula is C13H12N2S2. The van der Waals surface area contributed by atoms with Crippen molar-refractivity contribution in [2.45, 2.75) is 12.5 Å². The SMILES string of the molecule is CC(C=Cc1ccccc1)(CSC#N)N=C=S. The molecule has 0 aromatic heterocycles. The highest BCUT2D eigenvalue weighted by Gasteiger charge is 2.19. The number of thiocyanates is 1. The van der Waals surface area contributed by atoms with Crippen molar-refractivity contribution >= 4 is 35.2 Å². The number of hydrogen-bond donors (Lipinski definition) is 0. The first-order valence-electron chi connectivity index (χ1n) is 5.04. The summed E-state index contributed by atoms with van der Waals surface area (Å²) in [4.78, 5) is 4.11. The fourth-order valence-corrected chi connectivity index (χ4v) is 1.97. The largest absolute Gasteiger partial charge is 0.221 e. The van der Waals surface area contributed by atoms with Crippen molar-refractivity contribution in [3.05, 3.63) is 42.0 Å². The van der Waals surface area contributed by atoms with E-state index < -0.39 is 5.54 Å². The molecule has 4 heteroatoms. The van der Waals surface area contributed by atoms with Crippen molar-refractivity contribution in [2.24, 2.45) is 4.99 Å². The summed E-state index contributed by atoms with van der Waals surface area (Å²) < 4.78 is 0. The van der Waals surface area contributed by atoms with Crippen molar-refractivity contribution in [1.82, 2.24) is 0 Å². The van der Waals surface area contributed by atoms with Gasteiger partial charge >= 0.3 is 0 Å². The van der Waals surface area contributed by atoms with Crippen LogP contribution >= 0.6 is 24.0 Å². The van der Waals surface area contributed by atoms with Gasteiger partial charge in [-0.1, -0.05) is 42.5 Å². The first kappa shape index (κ1) is 13.7. The van der Waals surface area contributed by atoms with Gasteiger partial charge in [0.25, 0.3) is 0 Å². The zero-order valence-corrected chi connectivity index (χ0v) is 11.1.